The minimum Gasteiger partial charge on any atom is -0.488 e. The van der Waals surface area contributed by atoms with Crippen LogP contribution < -0.4 is 9.46 Å². The van der Waals surface area contributed by atoms with E-state index < -0.39 is 21.7 Å². The maximum atomic E-state index is 13.2. The zero-order valence-corrected chi connectivity index (χ0v) is 14.1. The van der Waals surface area contributed by atoms with Gasteiger partial charge in [0.05, 0.1) is 10.6 Å². The molecule has 2 aromatic rings. The van der Waals surface area contributed by atoms with Crippen LogP contribution in [-0.4, -0.2) is 14.0 Å². The van der Waals surface area contributed by atoms with Gasteiger partial charge in [0, 0.05) is 6.07 Å². The average molecular weight is 353 g/mol. The number of halogens is 2. The van der Waals surface area contributed by atoms with Crippen LogP contribution in [0.3, 0.4) is 0 Å². The number of rotatable bonds is 3. The van der Waals surface area contributed by atoms with Gasteiger partial charge in [0.2, 0.25) is 0 Å². The van der Waals surface area contributed by atoms with Crippen LogP contribution in [0.1, 0.15) is 25.8 Å². The van der Waals surface area contributed by atoms with E-state index in [0.29, 0.717) is 12.2 Å². The van der Waals surface area contributed by atoms with Crippen LogP contribution in [0, 0.1) is 11.6 Å². The van der Waals surface area contributed by atoms with Crippen molar-refractivity contribution >= 4 is 15.7 Å². The maximum absolute atomic E-state index is 13.2. The Labute approximate surface area is 139 Å². The first-order valence-electron chi connectivity index (χ1n) is 7.46. The highest BCUT2D eigenvalue weighted by atomic mass is 32.2. The number of ether oxygens (including phenoxy) is 1. The molecule has 1 N–H and O–H groups in total. The Kier molecular flexibility index (Phi) is 3.99. The van der Waals surface area contributed by atoms with Crippen LogP contribution in [0.15, 0.2) is 41.3 Å². The van der Waals surface area contributed by atoms with Gasteiger partial charge < -0.3 is 4.74 Å². The molecule has 24 heavy (non-hydrogen) atoms. The number of anilines is 1. The third-order valence-electron chi connectivity index (χ3n) is 3.90. The minimum absolute atomic E-state index is 0.0380. The molecular weight excluding hydrogens is 336 g/mol. The Bertz CT molecular complexity index is 895. The van der Waals surface area contributed by atoms with Gasteiger partial charge in [-0.3, -0.25) is 4.72 Å². The summed E-state index contributed by atoms with van der Waals surface area (Å²) in [5.74, 6) is -1.49. The van der Waals surface area contributed by atoms with E-state index in [1.807, 2.05) is 13.8 Å². The van der Waals surface area contributed by atoms with Gasteiger partial charge in [0.1, 0.15) is 11.4 Å². The molecule has 4 nitrogen and oxygen atoms in total. The van der Waals surface area contributed by atoms with Crippen molar-refractivity contribution in [3.05, 3.63) is 53.6 Å². The van der Waals surface area contributed by atoms with Crippen molar-refractivity contribution in [3.8, 4) is 5.75 Å². The van der Waals surface area contributed by atoms with Crippen LogP contribution in [0.4, 0.5) is 14.5 Å². The summed E-state index contributed by atoms with van der Waals surface area (Å²) in [6.07, 6.45) is 1.48. The molecule has 0 unspecified atom stereocenters. The van der Waals surface area contributed by atoms with Crippen molar-refractivity contribution in [3.63, 3.8) is 0 Å². The summed E-state index contributed by atoms with van der Waals surface area (Å²) >= 11 is 0. The van der Waals surface area contributed by atoms with Gasteiger partial charge in [-0.05, 0) is 62.6 Å². The summed E-state index contributed by atoms with van der Waals surface area (Å²) in [5, 5.41) is 0. The summed E-state index contributed by atoms with van der Waals surface area (Å²) in [5.41, 5.74) is 0.489. The van der Waals surface area contributed by atoms with Crippen molar-refractivity contribution < 1.29 is 21.9 Å². The Morgan fingerprint density at radius 1 is 1.08 bits per heavy atom. The number of sulfonamides is 1. The molecule has 1 heterocycles. The van der Waals surface area contributed by atoms with Gasteiger partial charge in [-0.2, -0.15) is 0 Å². The summed E-state index contributed by atoms with van der Waals surface area (Å²) in [7, 11) is -3.90. The Hall–Kier alpha value is -2.15. The second-order valence-electron chi connectivity index (χ2n) is 6.37. The zero-order valence-electron chi connectivity index (χ0n) is 13.3. The second-order valence-corrected chi connectivity index (χ2v) is 8.05. The molecule has 0 aromatic heterocycles. The molecule has 1 aliphatic rings. The Morgan fingerprint density at radius 3 is 2.54 bits per heavy atom. The van der Waals surface area contributed by atoms with E-state index in [2.05, 4.69) is 4.72 Å². The van der Waals surface area contributed by atoms with Gasteiger partial charge in [-0.1, -0.05) is 0 Å². The lowest BCUT2D eigenvalue weighted by Gasteiger charge is -2.32. The van der Waals surface area contributed by atoms with E-state index in [0.717, 1.165) is 24.1 Å². The summed E-state index contributed by atoms with van der Waals surface area (Å²) in [6.45, 7) is 3.95. The molecule has 0 atom stereocenters. The van der Waals surface area contributed by atoms with Crippen LogP contribution >= 0.6 is 0 Å². The standard InChI is InChI=1S/C17H17F2NO3S/c1-17(2)8-7-11-9-13(4-6-16(11)23-17)24(21,22)20-12-3-5-14(18)15(19)10-12/h3-6,9-10,20H,7-8H2,1-2H3. The van der Waals surface area contributed by atoms with E-state index in [-0.39, 0.29) is 16.2 Å². The second kappa shape index (κ2) is 5.73. The van der Waals surface area contributed by atoms with Crippen LogP contribution in [0.25, 0.3) is 0 Å². The first kappa shape index (κ1) is 16.7. The molecule has 0 radical (unpaired) electrons. The molecule has 0 aliphatic carbocycles. The molecule has 1 aliphatic heterocycles. The van der Waals surface area contributed by atoms with E-state index in [9.17, 15) is 17.2 Å². The normalized spacial score (nSPS) is 16.2. The van der Waals surface area contributed by atoms with Crippen molar-refractivity contribution in [2.45, 2.75) is 37.2 Å². The number of fused-ring (bicyclic) bond motifs is 1. The van der Waals surface area contributed by atoms with E-state index in [4.69, 9.17) is 4.74 Å². The van der Waals surface area contributed by atoms with Crippen molar-refractivity contribution in [2.75, 3.05) is 4.72 Å². The smallest absolute Gasteiger partial charge is 0.261 e. The minimum atomic E-state index is -3.90. The Morgan fingerprint density at radius 2 is 1.83 bits per heavy atom. The number of benzene rings is 2. The van der Waals surface area contributed by atoms with Crippen LogP contribution in [0.5, 0.6) is 5.75 Å². The number of nitrogens with one attached hydrogen (secondary N) is 1. The highest BCUT2D eigenvalue weighted by molar-refractivity contribution is 7.92. The zero-order chi connectivity index (χ0) is 17.5. The third kappa shape index (κ3) is 3.36. The third-order valence-corrected chi connectivity index (χ3v) is 5.28. The molecule has 0 bridgehead atoms. The van der Waals surface area contributed by atoms with Gasteiger partial charge >= 0.3 is 0 Å². The van der Waals surface area contributed by atoms with Crippen molar-refractivity contribution in [1.82, 2.24) is 0 Å². The highest BCUT2D eigenvalue weighted by Gasteiger charge is 2.27. The fourth-order valence-corrected chi connectivity index (χ4v) is 3.68. The molecule has 0 fully saturated rings. The predicted molar refractivity (Wildman–Crippen MR) is 86.6 cm³/mol. The number of aryl methyl sites for hydroxylation is 1. The summed E-state index contributed by atoms with van der Waals surface area (Å²) < 4.78 is 59.1. The maximum Gasteiger partial charge on any atom is 0.261 e. The highest BCUT2D eigenvalue weighted by Crippen LogP contribution is 2.34. The molecule has 0 saturated heterocycles. The Balaban J connectivity index is 1.89. The quantitative estimate of drug-likeness (QED) is 0.911. The molecule has 128 valence electrons. The molecule has 2 aromatic carbocycles. The monoisotopic (exact) mass is 353 g/mol. The topological polar surface area (TPSA) is 55.4 Å². The largest absolute Gasteiger partial charge is 0.488 e. The molecular formula is C17H17F2NO3S. The predicted octanol–water partition coefficient (Wildman–Crippen LogP) is 3.87. The molecule has 7 heteroatoms. The van der Waals surface area contributed by atoms with Crippen molar-refractivity contribution in [1.29, 1.82) is 0 Å². The first-order valence-corrected chi connectivity index (χ1v) is 8.94. The molecule has 0 saturated carbocycles. The first-order chi connectivity index (χ1) is 11.2. The van der Waals surface area contributed by atoms with Crippen LogP contribution in [-0.2, 0) is 16.4 Å². The van der Waals surface area contributed by atoms with Gasteiger partial charge in [0.25, 0.3) is 10.0 Å². The molecule has 0 amide bonds. The lowest BCUT2D eigenvalue weighted by atomic mass is 9.94. The molecule has 0 spiro atoms. The number of hydrogen-bond donors (Lipinski definition) is 1. The van der Waals surface area contributed by atoms with Crippen LogP contribution in [0.2, 0.25) is 0 Å². The van der Waals surface area contributed by atoms with E-state index in [1.165, 1.54) is 12.1 Å². The van der Waals surface area contributed by atoms with E-state index >= 15 is 0 Å². The fraction of sp³-hybridized carbons (Fsp3) is 0.294. The molecule has 3 rings (SSSR count). The van der Waals surface area contributed by atoms with Gasteiger partial charge in [0.15, 0.2) is 11.6 Å². The lowest BCUT2D eigenvalue weighted by Crippen LogP contribution is -2.32. The lowest BCUT2D eigenvalue weighted by molar-refractivity contribution is 0.0845. The average Bonchev–Trinajstić information content (AvgIpc) is 2.49. The summed E-state index contributed by atoms with van der Waals surface area (Å²) in [4.78, 5) is 0.0503. The summed E-state index contributed by atoms with van der Waals surface area (Å²) in [6, 6.07) is 7.44. The van der Waals surface area contributed by atoms with Gasteiger partial charge in [-0.25, -0.2) is 17.2 Å². The fourth-order valence-electron chi connectivity index (χ4n) is 2.58. The van der Waals surface area contributed by atoms with E-state index in [1.54, 1.807) is 12.1 Å². The van der Waals surface area contributed by atoms with Crippen molar-refractivity contribution in [2.24, 2.45) is 0 Å². The van der Waals surface area contributed by atoms with Gasteiger partial charge in [-0.15, -0.1) is 0 Å². The SMILES string of the molecule is CC1(C)CCc2cc(S(=O)(=O)Nc3ccc(F)c(F)c3)ccc2O1. The number of hydrogen-bond acceptors (Lipinski definition) is 3.